The summed E-state index contributed by atoms with van der Waals surface area (Å²) >= 11 is 1.23. The number of thiophene rings is 1. The van der Waals surface area contributed by atoms with Crippen molar-refractivity contribution in [1.29, 1.82) is 0 Å². The molecule has 2 rings (SSSR count). The third-order valence-corrected chi connectivity index (χ3v) is 5.94. The number of ketones is 1. The first kappa shape index (κ1) is 24.1. The molecule has 0 atom stereocenters. The van der Waals surface area contributed by atoms with Gasteiger partial charge in [-0.25, -0.2) is 9.59 Å². The van der Waals surface area contributed by atoms with E-state index in [0.29, 0.717) is 10.6 Å². The van der Waals surface area contributed by atoms with E-state index < -0.39 is 40.6 Å². The van der Waals surface area contributed by atoms with Crippen molar-refractivity contribution >= 4 is 39.8 Å². The van der Waals surface area contributed by atoms with Crippen molar-refractivity contribution < 1.29 is 19.1 Å². The molecule has 0 saturated heterocycles. The van der Waals surface area contributed by atoms with Crippen molar-refractivity contribution in [3.63, 3.8) is 0 Å². The summed E-state index contributed by atoms with van der Waals surface area (Å²) in [5, 5.41) is 3.06. The Kier molecular flexibility index (Phi) is 6.60. The summed E-state index contributed by atoms with van der Waals surface area (Å²) in [4.78, 5) is 62.7. The van der Waals surface area contributed by atoms with Gasteiger partial charge in [0.15, 0.2) is 6.61 Å². The summed E-state index contributed by atoms with van der Waals surface area (Å²) in [5.74, 6) is -2.25. The molecule has 3 N–H and O–H groups in total. The second-order valence-electron chi connectivity index (χ2n) is 8.16. The molecule has 0 aliphatic rings. The maximum Gasteiger partial charge on any atom is 0.341 e. The van der Waals surface area contributed by atoms with Gasteiger partial charge in [0, 0.05) is 24.4 Å². The highest BCUT2D eigenvalue weighted by atomic mass is 32.1. The second kappa shape index (κ2) is 8.50. The van der Waals surface area contributed by atoms with E-state index in [2.05, 4.69) is 5.32 Å². The van der Waals surface area contributed by atoms with Crippen molar-refractivity contribution in [3.8, 4) is 0 Å². The Morgan fingerprint density at radius 1 is 1.06 bits per heavy atom. The molecule has 11 heteroatoms. The highest BCUT2D eigenvalue weighted by Gasteiger charge is 2.28. The summed E-state index contributed by atoms with van der Waals surface area (Å²) in [6, 6.07) is 0. The number of nitrogens with one attached hydrogen (secondary N) is 1. The maximum atomic E-state index is 12.7. The van der Waals surface area contributed by atoms with Gasteiger partial charge in [0.2, 0.25) is 11.7 Å². The van der Waals surface area contributed by atoms with Crippen LogP contribution in [0, 0.1) is 19.3 Å². The molecule has 2 aromatic rings. The number of aromatic nitrogens is 2. The van der Waals surface area contributed by atoms with Crippen LogP contribution in [0.2, 0.25) is 0 Å². The molecule has 0 saturated carbocycles. The third-order valence-electron chi connectivity index (χ3n) is 4.82. The lowest BCUT2D eigenvalue weighted by Crippen LogP contribution is -2.42. The number of rotatable bonds is 5. The van der Waals surface area contributed by atoms with Crippen molar-refractivity contribution in [2.45, 2.75) is 34.6 Å². The van der Waals surface area contributed by atoms with E-state index >= 15 is 0 Å². The van der Waals surface area contributed by atoms with Gasteiger partial charge >= 0.3 is 11.7 Å². The smallest absolute Gasteiger partial charge is 0.341 e. The van der Waals surface area contributed by atoms with Gasteiger partial charge in [-0.1, -0.05) is 20.8 Å². The van der Waals surface area contributed by atoms with Crippen LogP contribution in [0.1, 0.15) is 51.9 Å². The number of nitrogen functional groups attached to an aromatic ring is 1. The zero-order chi connectivity index (χ0) is 23.8. The standard InChI is InChI=1S/C20H26N4O6S/c1-9-10(2)31-15(22-18(28)20(3,4)5)12(9)17(27)30-8-11(25)13-14(21)23(6)19(29)24(7)16(13)26/h8,21H2,1-7H3,(H,22,28). The molecule has 0 fully saturated rings. The Morgan fingerprint density at radius 3 is 2.19 bits per heavy atom. The van der Waals surface area contributed by atoms with E-state index in [4.69, 9.17) is 10.5 Å². The lowest BCUT2D eigenvalue weighted by molar-refractivity contribution is -0.123. The molecule has 31 heavy (non-hydrogen) atoms. The Balaban J connectivity index is 2.31. The molecular formula is C20H26N4O6S. The molecule has 2 heterocycles. The first-order chi connectivity index (χ1) is 14.2. The molecule has 1 amide bonds. The second-order valence-corrected chi connectivity index (χ2v) is 9.38. The Bertz CT molecular complexity index is 1200. The minimum absolute atomic E-state index is 0.147. The van der Waals surface area contributed by atoms with E-state index in [1.165, 1.54) is 25.4 Å². The van der Waals surface area contributed by atoms with Crippen LogP contribution in [0.3, 0.4) is 0 Å². The lowest BCUT2D eigenvalue weighted by Gasteiger charge is -2.17. The lowest BCUT2D eigenvalue weighted by atomic mass is 9.96. The largest absolute Gasteiger partial charge is 0.454 e. The fourth-order valence-electron chi connectivity index (χ4n) is 2.65. The van der Waals surface area contributed by atoms with Crippen LogP contribution >= 0.6 is 11.3 Å². The molecule has 0 radical (unpaired) electrons. The summed E-state index contributed by atoms with van der Waals surface area (Å²) in [6.07, 6.45) is 0. The molecule has 0 aliphatic carbocycles. The quantitative estimate of drug-likeness (QED) is 0.517. The van der Waals surface area contributed by atoms with Gasteiger partial charge in [-0.2, -0.15) is 0 Å². The van der Waals surface area contributed by atoms with Crippen LogP contribution < -0.4 is 22.3 Å². The number of anilines is 2. The molecule has 0 spiro atoms. The first-order valence-corrected chi connectivity index (χ1v) is 10.2. The van der Waals surface area contributed by atoms with Crippen LogP contribution in [-0.2, 0) is 23.6 Å². The van der Waals surface area contributed by atoms with Crippen LogP contribution in [0.5, 0.6) is 0 Å². The number of hydrogen-bond acceptors (Lipinski definition) is 8. The normalized spacial score (nSPS) is 11.3. The Labute approximate surface area is 182 Å². The third kappa shape index (κ3) is 4.61. The average Bonchev–Trinajstić information content (AvgIpc) is 2.95. The predicted molar refractivity (Wildman–Crippen MR) is 118 cm³/mol. The molecule has 0 aliphatic heterocycles. The van der Waals surface area contributed by atoms with Gasteiger partial charge in [0.25, 0.3) is 5.56 Å². The van der Waals surface area contributed by atoms with E-state index in [-0.39, 0.29) is 17.3 Å². The van der Waals surface area contributed by atoms with Crippen LogP contribution in [-0.4, -0.2) is 33.4 Å². The van der Waals surface area contributed by atoms with Crippen molar-refractivity contribution in [1.82, 2.24) is 9.13 Å². The van der Waals surface area contributed by atoms with Crippen molar-refractivity contribution in [2.24, 2.45) is 19.5 Å². The number of Topliss-reactive ketones (excluding diaryl/α,β-unsaturated/α-hetero) is 1. The van der Waals surface area contributed by atoms with Crippen molar-refractivity contribution in [2.75, 3.05) is 17.7 Å². The summed E-state index contributed by atoms with van der Waals surface area (Å²) < 4.78 is 6.85. The first-order valence-electron chi connectivity index (χ1n) is 9.35. The van der Waals surface area contributed by atoms with E-state index in [1.807, 2.05) is 0 Å². The van der Waals surface area contributed by atoms with Gasteiger partial charge < -0.3 is 15.8 Å². The maximum absolute atomic E-state index is 12.7. The van der Waals surface area contributed by atoms with Gasteiger partial charge in [0.05, 0.1) is 5.56 Å². The van der Waals surface area contributed by atoms with E-state index in [1.54, 1.807) is 34.6 Å². The van der Waals surface area contributed by atoms with Gasteiger partial charge in [-0.05, 0) is 19.4 Å². The number of ether oxygens (including phenoxy) is 1. The highest BCUT2D eigenvalue weighted by molar-refractivity contribution is 7.16. The van der Waals surface area contributed by atoms with Crippen LogP contribution in [0.4, 0.5) is 10.8 Å². The molecular weight excluding hydrogens is 424 g/mol. The number of carbonyl (C=O) groups is 3. The summed E-state index contributed by atoms with van der Waals surface area (Å²) in [6.45, 7) is 7.97. The SMILES string of the molecule is Cc1sc(NC(=O)C(C)(C)C)c(C(=O)OCC(=O)c2c(N)n(C)c(=O)n(C)c2=O)c1C. The van der Waals surface area contributed by atoms with E-state index in [0.717, 1.165) is 14.0 Å². The Hall–Kier alpha value is -3.21. The topological polar surface area (TPSA) is 142 Å². The van der Waals surface area contributed by atoms with Crippen molar-refractivity contribution in [3.05, 3.63) is 42.4 Å². The fourth-order valence-corrected chi connectivity index (χ4v) is 3.69. The number of carbonyl (C=O) groups excluding carboxylic acids is 3. The fraction of sp³-hybridized carbons (Fsp3) is 0.450. The molecule has 0 aromatic carbocycles. The highest BCUT2D eigenvalue weighted by Crippen LogP contribution is 2.34. The number of aryl methyl sites for hydroxylation is 1. The zero-order valence-electron chi connectivity index (χ0n) is 18.5. The number of hydrogen-bond donors (Lipinski definition) is 2. The minimum atomic E-state index is -0.873. The predicted octanol–water partition coefficient (Wildman–Crippen LogP) is 1.37. The van der Waals surface area contributed by atoms with Gasteiger partial charge in [-0.15, -0.1) is 11.3 Å². The van der Waals surface area contributed by atoms with Gasteiger partial charge in [0.1, 0.15) is 16.4 Å². The number of nitrogens with zero attached hydrogens (tertiary/aromatic N) is 2. The number of amides is 1. The van der Waals surface area contributed by atoms with E-state index in [9.17, 15) is 24.0 Å². The molecule has 0 unspecified atom stereocenters. The van der Waals surface area contributed by atoms with Crippen LogP contribution in [0.25, 0.3) is 0 Å². The molecule has 168 valence electrons. The average molecular weight is 451 g/mol. The van der Waals surface area contributed by atoms with Gasteiger partial charge in [-0.3, -0.25) is 23.5 Å². The molecule has 0 bridgehead atoms. The number of esters is 1. The minimum Gasteiger partial charge on any atom is -0.454 e. The number of nitrogens with two attached hydrogens (primary N) is 1. The molecule has 2 aromatic heterocycles. The zero-order valence-corrected chi connectivity index (χ0v) is 19.4. The van der Waals surface area contributed by atoms with Crippen LogP contribution in [0.15, 0.2) is 9.59 Å². The molecule has 10 nitrogen and oxygen atoms in total. The monoisotopic (exact) mass is 450 g/mol. The summed E-state index contributed by atoms with van der Waals surface area (Å²) in [5.41, 5.74) is 3.86. The Morgan fingerprint density at radius 2 is 1.65 bits per heavy atom. The summed E-state index contributed by atoms with van der Waals surface area (Å²) in [7, 11) is 2.54.